The average Bonchev–Trinajstić information content (AvgIpc) is 2.58. The third kappa shape index (κ3) is 4.09. The van der Waals surface area contributed by atoms with Gasteiger partial charge in [-0.2, -0.15) is 0 Å². The molecule has 1 aliphatic heterocycles. The third-order valence-electron chi connectivity index (χ3n) is 3.90. The smallest absolute Gasteiger partial charge is 0.337 e. The SMILES string of the molecule is O=C(O)c1ccccc1Nc1ccc(CN2CCOCC2)cc1. The molecule has 0 bridgehead atoms. The van der Waals surface area contributed by atoms with Crippen molar-refractivity contribution in [2.45, 2.75) is 6.54 Å². The number of carbonyl (C=O) groups is 1. The predicted molar refractivity (Wildman–Crippen MR) is 89.2 cm³/mol. The van der Waals surface area contributed by atoms with E-state index in [1.165, 1.54) is 5.56 Å². The molecular weight excluding hydrogens is 292 g/mol. The Morgan fingerprint density at radius 1 is 1.09 bits per heavy atom. The molecule has 1 heterocycles. The molecule has 1 aliphatic rings. The van der Waals surface area contributed by atoms with Gasteiger partial charge in [-0.25, -0.2) is 4.79 Å². The van der Waals surface area contributed by atoms with Gasteiger partial charge in [0.2, 0.25) is 0 Å². The van der Waals surface area contributed by atoms with Crippen LogP contribution in [0.4, 0.5) is 11.4 Å². The Morgan fingerprint density at radius 2 is 1.78 bits per heavy atom. The van der Waals surface area contributed by atoms with E-state index in [0.29, 0.717) is 5.69 Å². The van der Waals surface area contributed by atoms with E-state index in [0.717, 1.165) is 38.5 Å². The minimum absolute atomic E-state index is 0.268. The van der Waals surface area contributed by atoms with Gasteiger partial charge in [-0.1, -0.05) is 24.3 Å². The number of nitrogens with zero attached hydrogens (tertiary/aromatic N) is 1. The average molecular weight is 312 g/mol. The second-order valence-corrected chi connectivity index (χ2v) is 5.56. The number of benzene rings is 2. The van der Waals surface area contributed by atoms with Gasteiger partial charge in [-0.15, -0.1) is 0 Å². The van der Waals surface area contributed by atoms with E-state index in [1.54, 1.807) is 18.2 Å². The number of nitrogens with one attached hydrogen (secondary N) is 1. The lowest BCUT2D eigenvalue weighted by Gasteiger charge is -2.26. The van der Waals surface area contributed by atoms with Gasteiger partial charge in [0.25, 0.3) is 0 Å². The number of carboxylic acids is 1. The number of anilines is 2. The van der Waals surface area contributed by atoms with Crippen LogP contribution in [0.1, 0.15) is 15.9 Å². The molecule has 2 aromatic carbocycles. The molecule has 2 N–H and O–H groups in total. The molecule has 2 aromatic rings. The summed E-state index contributed by atoms with van der Waals surface area (Å²) in [5, 5.41) is 12.4. The van der Waals surface area contributed by atoms with Crippen molar-refractivity contribution in [1.82, 2.24) is 4.90 Å². The zero-order valence-corrected chi connectivity index (χ0v) is 12.9. The van der Waals surface area contributed by atoms with Crippen LogP contribution in [-0.2, 0) is 11.3 Å². The van der Waals surface area contributed by atoms with Crippen molar-refractivity contribution >= 4 is 17.3 Å². The molecular formula is C18H20N2O3. The summed E-state index contributed by atoms with van der Waals surface area (Å²) in [5.41, 5.74) is 2.99. The van der Waals surface area contributed by atoms with E-state index < -0.39 is 5.97 Å². The van der Waals surface area contributed by atoms with Crippen LogP contribution in [0.2, 0.25) is 0 Å². The van der Waals surface area contributed by atoms with Gasteiger partial charge in [0.05, 0.1) is 24.5 Å². The summed E-state index contributed by atoms with van der Waals surface area (Å²) >= 11 is 0. The summed E-state index contributed by atoms with van der Waals surface area (Å²) in [6, 6.07) is 15.0. The number of hydrogen-bond acceptors (Lipinski definition) is 4. The van der Waals surface area contributed by atoms with E-state index in [9.17, 15) is 9.90 Å². The number of morpholine rings is 1. The van der Waals surface area contributed by atoms with Gasteiger partial charge in [-0.3, -0.25) is 4.90 Å². The predicted octanol–water partition coefficient (Wildman–Crippen LogP) is 2.96. The Morgan fingerprint density at radius 3 is 2.48 bits per heavy atom. The maximum atomic E-state index is 11.2. The Hall–Kier alpha value is -2.37. The van der Waals surface area contributed by atoms with E-state index in [2.05, 4.69) is 22.3 Å². The first-order chi connectivity index (χ1) is 11.2. The second kappa shape index (κ2) is 7.26. The van der Waals surface area contributed by atoms with Crippen LogP contribution in [0.15, 0.2) is 48.5 Å². The van der Waals surface area contributed by atoms with Crippen LogP contribution in [-0.4, -0.2) is 42.3 Å². The lowest BCUT2D eigenvalue weighted by Crippen LogP contribution is -2.35. The zero-order chi connectivity index (χ0) is 16.1. The van der Waals surface area contributed by atoms with Gasteiger partial charge in [-0.05, 0) is 29.8 Å². The zero-order valence-electron chi connectivity index (χ0n) is 12.9. The van der Waals surface area contributed by atoms with Gasteiger partial charge in [0.15, 0.2) is 0 Å². The Kier molecular flexibility index (Phi) is 4.90. The minimum atomic E-state index is -0.933. The van der Waals surface area contributed by atoms with E-state index in [4.69, 9.17) is 4.74 Å². The van der Waals surface area contributed by atoms with Crippen LogP contribution < -0.4 is 5.32 Å². The topological polar surface area (TPSA) is 61.8 Å². The molecule has 0 atom stereocenters. The number of para-hydroxylation sites is 1. The molecule has 1 saturated heterocycles. The van der Waals surface area contributed by atoms with Crippen LogP contribution in [0, 0.1) is 0 Å². The monoisotopic (exact) mass is 312 g/mol. The Balaban J connectivity index is 1.67. The number of hydrogen-bond donors (Lipinski definition) is 2. The van der Waals surface area contributed by atoms with Crippen molar-refractivity contribution < 1.29 is 14.6 Å². The van der Waals surface area contributed by atoms with Gasteiger partial charge >= 0.3 is 5.97 Å². The highest BCUT2D eigenvalue weighted by Gasteiger charge is 2.11. The number of carboxylic acid groups (broad SMARTS) is 1. The highest BCUT2D eigenvalue weighted by atomic mass is 16.5. The fourth-order valence-electron chi connectivity index (χ4n) is 2.65. The maximum absolute atomic E-state index is 11.2. The minimum Gasteiger partial charge on any atom is -0.478 e. The highest BCUT2D eigenvalue weighted by molar-refractivity contribution is 5.95. The number of ether oxygens (including phenoxy) is 1. The standard InChI is InChI=1S/C18H20N2O3/c21-18(22)16-3-1-2-4-17(16)19-15-7-5-14(6-8-15)13-20-9-11-23-12-10-20/h1-8,19H,9-13H2,(H,21,22). The van der Waals surface area contributed by atoms with Crippen LogP contribution in [0.25, 0.3) is 0 Å². The highest BCUT2D eigenvalue weighted by Crippen LogP contribution is 2.21. The van der Waals surface area contributed by atoms with Gasteiger partial charge in [0.1, 0.15) is 0 Å². The van der Waals surface area contributed by atoms with Gasteiger partial charge in [0, 0.05) is 25.3 Å². The molecule has 5 heteroatoms. The lowest BCUT2D eigenvalue weighted by atomic mass is 10.1. The Labute approximate surface area is 135 Å². The summed E-state index contributed by atoms with van der Waals surface area (Å²) in [6.07, 6.45) is 0. The van der Waals surface area contributed by atoms with Crippen molar-refractivity contribution in [2.75, 3.05) is 31.6 Å². The fourth-order valence-corrected chi connectivity index (χ4v) is 2.65. The first kappa shape index (κ1) is 15.5. The summed E-state index contributed by atoms with van der Waals surface area (Å²) in [7, 11) is 0. The summed E-state index contributed by atoms with van der Waals surface area (Å²) in [5.74, 6) is -0.933. The lowest BCUT2D eigenvalue weighted by molar-refractivity contribution is 0.0342. The summed E-state index contributed by atoms with van der Waals surface area (Å²) < 4.78 is 5.35. The summed E-state index contributed by atoms with van der Waals surface area (Å²) in [4.78, 5) is 13.6. The largest absolute Gasteiger partial charge is 0.478 e. The van der Waals surface area contributed by atoms with E-state index >= 15 is 0 Å². The van der Waals surface area contributed by atoms with Crippen LogP contribution in [0.5, 0.6) is 0 Å². The molecule has 120 valence electrons. The molecule has 0 aromatic heterocycles. The Bertz CT molecular complexity index is 664. The van der Waals surface area contributed by atoms with Gasteiger partial charge < -0.3 is 15.2 Å². The molecule has 0 unspecified atom stereocenters. The molecule has 0 saturated carbocycles. The van der Waals surface area contributed by atoms with Crippen molar-refractivity contribution in [3.63, 3.8) is 0 Å². The third-order valence-corrected chi connectivity index (χ3v) is 3.90. The second-order valence-electron chi connectivity index (χ2n) is 5.56. The molecule has 23 heavy (non-hydrogen) atoms. The molecule has 0 spiro atoms. The first-order valence-corrected chi connectivity index (χ1v) is 7.71. The van der Waals surface area contributed by atoms with Crippen molar-refractivity contribution in [1.29, 1.82) is 0 Å². The van der Waals surface area contributed by atoms with Crippen molar-refractivity contribution in [3.05, 3.63) is 59.7 Å². The molecule has 5 nitrogen and oxygen atoms in total. The molecule has 1 fully saturated rings. The summed E-state index contributed by atoms with van der Waals surface area (Å²) in [6.45, 7) is 4.44. The van der Waals surface area contributed by atoms with Crippen LogP contribution >= 0.6 is 0 Å². The molecule has 0 amide bonds. The number of aromatic carboxylic acids is 1. The normalized spacial score (nSPS) is 15.3. The fraction of sp³-hybridized carbons (Fsp3) is 0.278. The van der Waals surface area contributed by atoms with E-state index in [-0.39, 0.29) is 5.56 Å². The molecule has 0 aliphatic carbocycles. The first-order valence-electron chi connectivity index (χ1n) is 7.71. The maximum Gasteiger partial charge on any atom is 0.337 e. The van der Waals surface area contributed by atoms with E-state index in [1.807, 2.05) is 18.2 Å². The van der Waals surface area contributed by atoms with Crippen molar-refractivity contribution in [3.8, 4) is 0 Å². The number of rotatable bonds is 5. The molecule has 3 rings (SSSR count). The quantitative estimate of drug-likeness (QED) is 0.889. The van der Waals surface area contributed by atoms with Crippen molar-refractivity contribution in [2.24, 2.45) is 0 Å². The molecule has 0 radical (unpaired) electrons. The van der Waals surface area contributed by atoms with Crippen LogP contribution in [0.3, 0.4) is 0 Å².